The number of carbonyl (C=O) groups excluding carboxylic acids is 1. The van der Waals surface area contributed by atoms with Crippen LogP contribution in [0.2, 0.25) is 0 Å². The van der Waals surface area contributed by atoms with E-state index in [0.29, 0.717) is 6.61 Å². The SMILES string of the molecule is CCOC(=O)C(=Cc1ccccc1)NN. The fraction of sp³-hybridized carbons (Fsp3) is 0.182. The van der Waals surface area contributed by atoms with E-state index in [1.807, 2.05) is 30.3 Å². The van der Waals surface area contributed by atoms with Crippen LogP contribution in [0, 0.1) is 0 Å². The molecule has 0 fully saturated rings. The van der Waals surface area contributed by atoms with E-state index in [2.05, 4.69) is 5.43 Å². The van der Waals surface area contributed by atoms with Gasteiger partial charge >= 0.3 is 5.97 Å². The lowest BCUT2D eigenvalue weighted by Crippen LogP contribution is -2.27. The summed E-state index contributed by atoms with van der Waals surface area (Å²) in [6, 6.07) is 9.40. The molecule has 0 unspecified atom stereocenters. The Labute approximate surface area is 88.7 Å². The van der Waals surface area contributed by atoms with Gasteiger partial charge in [-0.05, 0) is 18.6 Å². The molecule has 1 aromatic carbocycles. The summed E-state index contributed by atoms with van der Waals surface area (Å²) in [5, 5.41) is 0. The van der Waals surface area contributed by atoms with Gasteiger partial charge in [-0.1, -0.05) is 30.3 Å². The Balaban J connectivity index is 2.83. The molecule has 1 aromatic rings. The second-order valence-electron chi connectivity index (χ2n) is 2.83. The third-order valence-electron chi connectivity index (χ3n) is 1.76. The van der Waals surface area contributed by atoms with E-state index < -0.39 is 5.97 Å². The number of hydrogen-bond acceptors (Lipinski definition) is 4. The van der Waals surface area contributed by atoms with Crippen LogP contribution in [-0.4, -0.2) is 12.6 Å². The van der Waals surface area contributed by atoms with Gasteiger partial charge in [0.05, 0.1) is 6.61 Å². The minimum atomic E-state index is -0.455. The van der Waals surface area contributed by atoms with Gasteiger partial charge in [0.15, 0.2) is 0 Å². The van der Waals surface area contributed by atoms with Crippen LogP contribution in [0.3, 0.4) is 0 Å². The van der Waals surface area contributed by atoms with Crippen molar-refractivity contribution < 1.29 is 9.53 Å². The highest BCUT2D eigenvalue weighted by atomic mass is 16.5. The van der Waals surface area contributed by atoms with Gasteiger partial charge in [-0.3, -0.25) is 5.84 Å². The van der Waals surface area contributed by atoms with Gasteiger partial charge in [-0.2, -0.15) is 0 Å². The molecule has 80 valence electrons. The molecule has 1 rings (SSSR count). The maximum absolute atomic E-state index is 11.3. The van der Waals surface area contributed by atoms with Crippen molar-refractivity contribution >= 4 is 12.0 Å². The average molecular weight is 206 g/mol. The van der Waals surface area contributed by atoms with Gasteiger partial charge in [-0.25, -0.2) is 4.79 Å². The molecule has 0 aromatic heterocycles. The normalized spacial score (nSPS) is 10.9. The first-order chi connectivity index (χ1) is 7.27. The van der Waals surface area contributed by atoms with Gasteiger partial charge in [0.25, 0.3) is 0 Å². The molecule has 0 amide bonds. The molecular formula is C11H14N2O2. The molecule has 15 heavy (non-hydrogen) atoms. The molecular weight excluding hydrogens is 192 g/mol. The van der Waals surface area contributed by atoms with Crippen LogP contribution < -0.4 is 11.3 Å². The Kier molecular flexibility index (Phi) is 4.37. The van der Waals surface area contributed by atoms with Crippen LogP contribution in [0.15, 0.2) is 36.0 Å². The van der Waals surface area contributed by atoms with Crippen molar-refractivity contribution in [2.45, 2.75) is 6.92 Å². The standard InChI is InChI=1S/C11H14N2O2/c1-2-15-11(14)10(13-12)8-9-6-4-3-5-7-9/h3-8,13H,2,12H2,1H3. The molecule has 0 radical (unpaired) electrons. The molecule has 0 atom stereocenters. The van der Waals surface area contributed by atoms with E-state index in [4.69, 9.17) is 10.6 Å². The maximum Gasteiger partial charge on any atom is 0.355 e. The number of esters is 1. The zero-order chi connectivity index (χ0) is 11.1. The molecule has 4 nitrogen and oxygen atoms in total. The number of benzene rings is 1. The van der Waals surface area contributed by atoms with Gasteiger partial charge in [-0.15, -0.1) is 0 Å². The Morgan fingerprint density at radius 3 is 2.67 bits per heavy atom. The number of rotatable bonds is 4. The van der Waals surface area contributed by atoms with Crippen molar-refractivity contribution in [1.82, 2.24) is 5.43 Å². The number of hydrogen-bond donors (Lipinski definition) is 2. The van der Waals surface area contributed by atoms with Crippen molar-refractivity contribution in [3.63, 3.8) is 0 Å². The second-order valence-corrected chi connectivity index (χ2v) is 2.83. The first kappa shape index (κ1) is 11.3. The summed E-state index contributed by atoms with van der Waals surface area (Å²) in [7, 11) is 0. The second kappa shape index (κ2) is 5.82. The Bertz CT molecular complexity index is 347. The summed E-state index contributed by atoms with van der Waals surface area (Å²) < 4.78 is 4.82. The van der Waals surface area contributed by atoms with E-state index in [1.165, 1.54) is 0 Å². The molecule has 0 saturated heterocycles. The lowest BCUT2D eigenvalue weighted by Gasteiger charge is -2.05. The van der Waals surface area contributed by atoms with Crippen molar-refractivity contribution in [3.8, 4) is 0 Å². The quantitative estimate of drug-likeness (QED) is 0.334. The summed E-state index contributed by atoms with van der Waals surface area (Å²) >= 11 is 0. The highest BCUT2D eigenvalue weighted by Crippen LogP contribution is 2.05. The third-order valence-corrected chi connectivity index (χ3v) is 1.76. The van der Waals surface area contributed by atoms with Crippen molar-refractivity contribution in [2.75, 3.05) is 6.61 Å². The predicted molar refractivity (Wildman–Crippen MR) is 58.4 cm³/mol. The zero-order valence-corrected chi connectivity index (χ0v) is 8.57. The van der Waals surface area contributed by atoms with Gasteiger partial charge in [0.2, 0.25) is 0 Å². The average Bonchev–Trinajstić information content (AvgIpc) is 2.27. The fourth-order valence-corrected chi connectivity index (χ4v) is 1.08. The smallest absolute Gasteiger partial charge is 0.355 e. The predicted octanol–water partition coefficient (Wildman–Crippen LogP) is 1.05. The van der Waals surface area contributed by atoms with E-state index >= 15 is 0 Å². The Hall–Kier alpha value is -1.81. The van der Waals surface area contributed by atoms with Crippen LogP contribution in [-0.2, 0) is 9.53 Å². The monoisotopic (exact) mass is 206 g/mol. The Morgan fingerprint density at radius 1 is 1.47 bits per heavy atom. The van der Waals surface area contributed by atoms with Crippen LogP contribution >= 0.6 is 0 Å². The van der Waals surface area contributed by atoms with Gasteiger partial charge in [0.1, 0.15) is 5.70 Å². The van der Waals surface area contributed by atoms with Crippen molar-refractivity contribution in [1.29, 1.82) is 0 Å². The minimum Gasteiger partial charge on any atom is -0.461 e. The number of ether oxygens (including phenoxy) is 1. The summed E-state index contributed by atoms with van der Waals surface area (Å²) in [4.78, 5) is 11.3. The van der Waals surface area contributed by atoms with Crippen LogP contribution in [0.25, 0.3) is 6.08 Å². The summed E-state index contributed by atoms with van der Waals surface area (Å²) in [6.07, 6.45) is 1.64. The number of nitrogens with one attached hydrogen (secondary N) is 1. The third kappa shape index (κ3) is 3.44. The first-order valence-corrected chi connectivity index (χ1v) is 4.68. The number of nitrogens with two attached hydrogens (primary N) is 1. The molecule has 0 spiro atoms. The molecule has 0 aliphatic heterocycles. The lowest BCUT2D eigenvalue weighted by atomic mass is 10.2. The molecule has 0 aliphatic carbocycles. The van der Waals surface area contributed by atoms with Gasteiger partial charge in [0, 0.05) is 0 Å². The van der Waals surface area contributed by atoms with Crippen LogP contribution in [0.4, 0.5) is 0 Å². The summed E-state index contributed by atoms with van der Waals surface area (Å²) in [6.45, 7) is 2.07. The summed E-state index contributed by atoms with van der Waals surface area (Å²) in [5.41, 5.74) is 3.45. The molecule has 3 N–H and O–H groups in total. The van der Waals surface area contributed by atoms with Crippen molar-refractivity contribution in [2.24, 2.45) is 5.84 Å². The van der Waals surface area contributed by atoms with E-state index in [9.17, 15) is 4.79 Å². The van der Waals surface area contributed by atoms with E-state index in [0.717, 1.165) is 5.56 Å². The van der Waals surface area contributed by atoms with Crippen LogP contribution in [0.5, 0.6) is 0 Å². The van der Waals surface area contributed by atoms with Gasteiger partial charge < -0.3 is 10.2 Å². The number of carbonyl (C=O) groups is 1. The molecule has 0 aliphatic rings. The summed E-state index contributed by atoms with van der Waals surface area (Å²) in [5.74, 6) is 4.78. The van der Waals surface area contributed by atoms with E-state index in [-0.39, 0.29) is 5.70 Å². The minimum absolute atomic E-state index is 0.239. The first-order valence-electron chi connectivity index (χ1n) is 4.68. The Morgan fingerprint density at radius 2 is 2.13 bits per heavy atom. The maximum atomic E-state index is 11.3. The fourth-order valence-electron chi connectivity index (χ4n) is 1.08. The molecule has 4 heteroatoms. The zero-order valence-electron chi connectivity index (χ0n) is 8.57. The highest BCUT2D eigenvalue weighted by molar-refractivity contribution is 5.92. The van der Waals surface area contributed by atoms with Crippen LogP contribution in [0.1, 0.15) is 12.5 Å². The molecule has 0 bridgehead atoms. The highest BCUT2D eigenvalue weighted by Gasteiger charge is 2.07. The van der Waals surface area contributed by atoms with E-state index in [1.54, 1.807) is 13.0 Å². The largest absolute Gasteiger partial charge is 0.461 e. The number of hydrazine groups is 1. The molecule has 0 saturated carbocycles. The lowest BCUT2D eigenvalue weighted by molar-refractivity contribution is -0.138. The van der Waals surface area contributed by atoms with Crippen molar-refractivity contribution in [3.05, 3.63) is 41.6 Å². The molecule has 0 heterocycles. The topological polar surface area (TPSA) is 64.3 Å².